The first-order valence-electron chi connectivity index (χ1n) is 13.2. The van der Waals surface area contributed by atoms with E-state index in [1.54, 1.807) is 21.8 Å². The maximum Gasteiger partial charge on any atom is 0.320 e. The zero-order valence-corrected chi connectivity index (χ0v) is 22.3. The molecule has 1 aliphatic heterocycles. The predicted molar refractivity (Wildman–Crippen MR) is 155 cm³/mol. The second kappa shape index (κ2) is 10.6. The third-order valence-electron chi connectivity index (χ3n) is 7.34. The van der Waals surface area contributed by atoms with Crippen LogP contribution in [0.25, 0.3) is 16.9 Å². The number of hydrogen-bond acceptors (Lipinski definition) is 5. The molecule has 4 heterocycles. The van der Waals surface area contributed by atoms with Crippen LogP contribution < -0.4 is 21.1 Å². The van der Waals surface area contributed by atoms with E-state index in [0.717, 1.165) is 28.1 Å². The molecule has 3 N–H and O–H groups in total. The summed E-state index contributed by atoms with van der Waals surface area (Å²) in [6, 6.07) is 22.8. The van der Waals surface area contributed by atoms with Crippen molar-refractivity contribution in [2.45, 2.75) is 18.9 Å². The smallest absolute Gasteiger partial charge is 0.320 e. The number of H-pyrrole nitrogens is 1. The summed E-state index contributed by atoms with van der Waals surface area (Å²) in [5.41, 5.74) is 4.81. The van der Waals surface area contributed by atoms with E-state index < -0.39 is 0 Å². The number of pyridine rings is 1. The zero-order valence-electron chi connectivity index (χ0n) is 22.3. The largest absolute Gasteiger partial charge is 0.364 e. The number of aromatic amines is 1. The summed E-state index contributed by atoms with van der Waals surface area (Å²) in [7, 11) is 1.86. The van der Waals surface area contributed by atoms with Crippen molar-refractivity contribution in [3.05, 3.63) is 113 Å². The van der Waals surface area contributed by atoms with Crippen LogP contribution in [0.3, 0.4) is 0 Å². The molecule has 1 fully saturated rings. The number of aryl methyl sites for hydroxylation is 1. The van der Waals surface area contributed by atoms with Gasteiger partial charge in [-0.15, -0.1) is 0 Å². The van der Waals surface area contributed by atoms with Crippen molar-refractivity contribution in [3.8, 4) is 16.9 Å². The number of hydrogen-bond donors (Lipinski definition) is 3. The number of nitrogens with one attached hydrogen (secondary N) is 3. The number of anilines is 2. The Kier molecular flexibility index (Phi) is 6.65. The van der Waals surface area contributed by atoms with Gasteiger partial charge in [0.1, 0.15) is 17.2 Å². The average molecular weight is 535 g/mol. The van der Waals surface area contributed by atoms with Gasteiger partial charge in [-0.3, -0.25) is 14.8 Å². The van der Waals surface area contributed by atoms with Gasteiger partial charge in [0.2, 0.25) is 0 Å². The molecule has 0 saturated carbocycles. The van der Waals surface area contributed by atoms with Gasteiger partial charge in [-0.05, 0) is 36.8 Å². The Bertz CT molecular complexity index is 1690. The second-order valence-electron chi connectivity index (χ2n) is 9.98. The van der Waals surface area contributed by atoms with E-state index in [2.05, 4.69) is 32.8 Å². The Hall–Kier alpha value is -5.12. The molecule has 40 heavy (non-hydrogen) atoms. The summed E-state index contributed by atoms with van der Waals surface area (Å²) in [6.07, 6.45) is 5.28. The van der Waals surface area contributed by atoms with Crippen LogP contribution in [-0.2, 0) is 7.05 Å². The van der Waals surface area contributed by atoms with Gasteiger partial charge in [0.05, 0.1) is 17.9 Å². The standard InChI is InChI=1S/C30H30N8O2/c1-20-27(22-16-32-36(2)17-22)35-38(23-12-7-4-8-13-23)28(20)34-30(40)33-25-19-37(26-14-9-15-31-29(26)39)18-24(25)21-10-5-3-6-11-21/h3-17,24-25H,18-19H2,1-2H3,(H,31,39)(H2,33,34,40)/t24-,25+/m0/s1. The molecule has 0 aliphatic carbocycles. The zero-order chi connectivity index (χ0) is 27.6. The summed E-state index contributed by atoms with van der Waals surface area (Å²) >= 11 is 0. The normalized spacial score (nSPS) is 16.7. The monoisotopic (exact) mass is 534 g/mol. The van der Waals surface area contributed by atoms with Crippen LogP contribution in [0.1, 0.15) is 17.0 Å². The number of carbonyl (C=O) groups is 1. The Morgan fingerprint density at radius 1 is 1.00 bits per heavy atom. The molecule has 10 heteroatoms. The highest BCUT2D eigenvalue weighted by Crippen LogP contribution is 2.32. The van der Waals surface area contributed by atoms with Crippen LogP contribution in [0.2, 0.25) is 0 Å². The third kappa shape index (κ3) is 4.86. The number of benzene rings is 2. The van der Waals surface area contributed by atoms with Crippen molar-refractivity contribution >= 4 is 17.5 Å². The Balaban J connectivity index is 1.30. The van der Waals surface area contributed by atoms with Crippen molar-refractivity contribution < 1.29 is 4.79 Å². The van der Waals surface area contributed by atoms with Crippen LogP contribution in [0.4, 0.5) is 16.3 Å². The minimum atomic E-state index is -0.340. The number of carbonyl (C=O) groups excluding carboxylic acids is 1. The molecule has 0 bridgehead atoms. The molecule has 2 atom stereocenters. The van der Waals surface area contributed by atoms with Crippen molar-refractivity contribution in [1.29, 1.82) is 0 Å². The van der Waals surface area contributed by atoms with E-state index >= 15 is 0 Å². The van der Waals surface area contributed by atoms with Gasteiger partial charge in [0, 0.05) is 49.6 Å². The number of urea groups is 1. The van der Waals surface area contributed by atoms with E-state index in [-0.39, 0.29) is 23.6 Å². The van der Waals surface area contributed by atoms with Crippen molar-refractivity contribution in [2.75, 3.05) is 23.3 Å². The molecule has 1 aliphatic rings. The van der Waals surface area contributed by atoms with Gasteiger partial charge in [-0.2, -0.15) is 10.2 Å². The average Bonchev–Trinajstić information content (AvgIpc) is 3.67. The molecule has 3 aromatic heterocycles. The van der Waals surface area contributed by atoms with Crippen molar-refractivity contribution in [2.24, 2.45) is 7.05 Å². The van der Waals surface area contributed by atoms with Gasteiger partial charge in [0.25, 0.3) is 5.56 Å². The molecule has 10 nitrogen and oxygen atoms in total. The van der Waals surface area contributed by atoms with Crippen LogP contribution in [0.15, 0.2) is 96.2 Å². The number of nitrogens with zero attached hydrogens (tertiary/aromatic N) is 5. The summed E-state index contributed by atoms with van der Waals surface area (Å²) in [5.74, 6) is 0.575. The minimum absolute atomic E-state index is 0.00218. The van der Waals surface area contributed by atoms with Crippen LogP contribution in [0.5, 0.6) is 0 Å². The molecular formula is C30H30N8O2. The SMILES string of the molecule is Cc1c(-c2cnn(C)c2)nn(-c2ccccc2)c1NC(=O)N[C@@H]1CN(c2ccc[nH]c2=O)C[C@H]1c1ccccc1. The summed E-state index contributed by atoms with van der Waals surface area (Å²) in [5, 5.41) is 15.4. The quantitative estimate of drug-likeness (QED) is 0.304. The first-order chi connectivity index (χ1) is 19.5. The van der Waals surface area contributed by atoms with Crippen molar-refractivity contribution in [1.82, 2.24) is 29.9 Å². The number of rotatable bonds is 6. The molecule has 0 radical (unpaired) electrons. The van der Waals surface area contributed by atoms with Crippen LogP contribution in [-0.4, -0.2) is 49.7 Å². The third-order valence-corrected chi connectivity index (χ3v) is 7.34. The first kappa shape index (κ1) is 25.2. The maximum atomic E-state index is 13.6. The Morgan fingerprint density at radius 2 is 1.75 bits per heavy atom. The molecule has 5 aromatic rings. The van der Waals surface area contributed by atoms with Crippen molar-refractivity contribution in [3.63, 3.8) is 0 Å². The van der Waals surface area contributed by atoms with Gasteiger partial charge >= 0.3 is 6.03 Å². The van der Waals surface area contributed by atoms with E-state index in [4.69, 9.17) is 5.10 Å². The molecule has 2 aromatic carbocycles. The van der Waals surface area contributed by atoms with E-state index in [9.17, 15) is 9.59 Å². The molecule has 0 unspecified atom stereocenters. The van der Waals surface area contributed by atoms with Gasteiger partial charge in [-0.1, -0.05) is 48.5 Å². The lowest BCUT2D eigenvalue weighted by Gasteiger charge is -2.20. The Morgan fingerprint density at radius 3 is 2.45 bits per heavy atom. The van der Waals surface area contributed by atoms with E-state index in [0.29, 0.717) is 24.6 Å². The topological polar surface area (TPSA) is 113 Å². The minimum Gasteiger partial charge on any atom is -0.364 e. The lowest BCUT2D eigenvalue weighted by molar-refractivity contribution is 0.248. The summed E-state index contributed by atoms with van der Waals surface area (Å²) in [4.78, 5) is 30.9. The lowest BCUT2D eigenvalue weighted by Crippen LogP contribution is -2.42. The molecule has 1 saturated heterocycles. The van der Waals surface area contributed by atoms with E-state index in [1.807, 2.05) is 85.7 Å². The fraction of sp³-hybridized carbons (Fsp3) is 0.200. The summed E-state index contributed by atoms with van der Waals surface area (Å²) in [6.45, 7) is 3.04. The predicted octanol–water partition coefficient (Wildman–Crippen LogP) is 4.06. The highest BCUT2D eigenvalue weighted by molar-refractivity contribution is 5.91. The fourth-order valence-corrected chi connectivity index (χ4v) is 5.37. The van der Waals surface area contributed by atoms with Gasteiger partial charge in [0.15, 0.2) is 0 Å². The Labute approximate surface area is 231 Å². The lowest BCUT2D eigenvalue weighted by atomic mass is 9.94. The molecule has 2 amide bonds. The molecular weight excluding hydrogens is 504 g/mol. The molecule has 0 spiro atoms. The number of amides is 2. The summed E-state index contributed by atoms with van der Waals surface area (Å²) < 4.78 is 3.47. The van der Waals surface area contributed by atoms with Gasteiger partial charge in [-0.25, -0.2) is 9.48 Å². The fourth-order valence-electron chi connectivity index (χ4n) is 5.37. The van der Waals surface area contributed by atoms with Crippen LogP contribution in [0, 0.1) is 6.92 Å². The number of aromatic nitrogens is 5. The second-order valence-corrected chi connectivity index (χ2v) is 9.98. The first-order valence-corrected chi connectivity index (χ1v) is 13.2. The molecule has 202 valence electrons. The maximum absolute atomic E-state index is 13.6. The van der Waals surface area contributed by atoms with E-state index in [1.165, 1.54) is 0 Å². The van der Waals surface area contributed by atoms with Gasteiger partial charge < -0.3 is 15.2 Å². The highest BCUT2D eigenvalue weighted by Gasteiger charge is 2.36. The highest BCUT2D eigenvalue weighted by atomic mass is 16.2. The number of para-hydroxylation sites is 1. The van der Waals surface area contributed by atoms with Crippen LogP contribution >= 0.6 is 0 Å². The molecule has 6 rings (SSSR count).